The first-order chi connectivity index (χ1) is 29.8. The summed E-state index contributed by atoms with van der Waals surface area (Å²) in [6.07, 6.45) is 21.8. The molecule has 1 aliphatic heterocycles. The van der Waals surface area contributed by atoms with Gasteiger partial charge in [-0.1, -0.05) is 194 Å². The maximum atomic E-state index is 2.58. The summed E-state index contributed by atoms with van der Waals surface area (Å²) in [6.45, 7) is 0. The summed E-state index contributed by atoms with van der Waals surface area (Å²) < 4.78 is 2.47. The molecule has 2 heterocycles. The fourth-order valence-electron chi connectivity index (χ4n) is 9.08. The highest BCUT2D eigenvalue weighted by Gasteiger charge is 2.30. The summed E-state index contributed by atoms with van der Waals surface area (Å²) >= 11 is 0. The van der Waals surface area contributed by atoms with Gasteiger partial charge < -0.3 is 9.47 Å². The fourth-order valence-corrected chi connectivity index (χ4v) is 13.7. The van der Waals surface area contributed by atoms with Gasteiger partial charge in [-0.3, -0.25) is 0 Å². The van der Waals surface area contributed by atoms with Crippen molar-refractivity contribution in [2.75, 3.05) is 4.90 Å². The van der Waals surface area contributed by atoms with Crippen LogP contribution in [-0.4, -0.2) is 10.6 Å². The van der Waals surface area contributed by atoms with Crippen molar-refractivity contribution >= 4 is 75.4 Å². The van der Waals surface area contributed by atoms with Crippen LogP contribution in [0.15, 0.2) is 248 Å². The molecule has 0 fully saturated rings. The van der Waals surface area contributed by atoms with Crippen molar-refractivity contribution < 1.29 is 0 Å². The molecule has 0 saturated heterocycles. The van der Waals surface area contributed by atoms with Crippen LogP contribution in [0.3, 0.4) is 0 Å². The first-order valence-corrected chi connectivity index (χ1v) is 23.4. The summed E-state index contributed by atoms with van der Waals surface area (Å²) in [5.41, 5.74) is 8.66. The van der Waals surface area contributed by atoms with E-state index in [4.69, 9.17) is 0 Å². The normalized spacial score (nSPS) is 15.8. The third-order valence-electron chi connectivity index (χ3n) is 11.8. The van der Waals surface area contributed by atoms with Gasteiger partial charge in [-0.05, 0) is 95.7 Å². The molecule has 1 atom stereocenters. The predicted octanol–water partition coefficient (Wildman–Crippen LogP) is 12.1. The smallest absolute Gasteiger partial charge is 0.0715 e. The zero-order valence-electron chi connectivity index (χ0n) is 33.1. The second-order valence-corrected chi connectivity index (χ2v) is 19.8. The molecule has 2 bridgehead atoms. The van der Waals surface area contributed by atoms with Gasteiger partial charge in [0.25, 0.3) is 0 Å². The minimum Gasteiger partial charge on any atom is -0.334 e. The number of anilines is 1. The molecule has 0 N–H and O–H groups in total. The van der Waals surface area contributed by atoms with Crippen molar-refractivity contribution in [3.05, 3.63) is 253 Å². The van der Waals surface area contributed by atoms with Crippen LogP contribution in [0.25, 0.3) is 33.1 Å². The van der Waals surface area contributed by atoms with E-state index in [9.17, 15) is 0 Å². The van der Waals surface area contributed by atoms with E-state index >= 15 is 0 Å². The third kappa shape index (κ3) is 6.64. The number of benzene rings is 7. The maximum Gasteiger partial charge on any atom is 0.0715 e. The Hall–Kier alpha value is -6.56. The monoisotopic (exact) mass is 804 g/mol. The molecule has 1 aromatic heterocycles. The highest BCUT2D eigenvalue weighted by atomic mass is 31.1. The minimum absolute atomic E-state index is 0.101. The van der Waals surface area contributed by atoms with Crippen LogP contribution in [0.5, 0.6) is 0 Å². The Kier molecular flexibility index (Phi) is 9.67. The average molecular weight is 805 g/mol. The topological polar surface area (TPSA) is 8.17 Å². The van der Waals surface area contributed by atoms with E-state index in [-0.39, 0.29) is 6.04 Å². The second-order valence-electron chi connectivity index (χ2n) is 15.4. The number of aromatic nitrogens is 1. The number of fused-ring (bicyclic) bond motifs is 6. The van der Waals surface area contributed by atoms with Crippen LogP contribution in [0.2, 0.25) is 0 Å². The molecule has 3 aliphatic rings. The zero-order chi connectivity index (χ0) is 39.8. The van der Waals surface area contributed by atoms with Crippen molar-refractivity contribution in [3.63, 3.8) is 0 Å². The summed E-state index contributed by atoms with van der Waals surface area (Å²) in [4.78, 5) is 2.58. The van der Waals surface area contributed by atoms with Gasteiger partial charge in [0.2, 0.25) is 0 Å². The summed E-state index contributed by atoms with van der Waals surface area (Å²) in [5, 5.41) is 10.7. The van der Waals surface area contributed by atoms with Crippen LogP contribution in [0.4, 0.5) is 5.69 Å². The van der Waals surface area contributed by atoms with E-state index in [2.05, 4.69) is 246 Å². The van der Waals surface area contributed by atoms with Gasteiger partial charge >= 0.3 is 0 Å². The van der Waals surface area contributed by atoms with Crippen LogP contribution in [0.1, 0.15) is 12.0 Å². The molecule has 2 nitrogen and oxygen atoms in total. The number of nitrogens with zero attached hydrogens (tertiary/aromatic N) is 2. The summed E-state index contributed by atoms with van der Waals surface area (Å²) in [5.74, 6) is 0. The standard InChI is InChI=1S/C56H42N2P2/c1-5-21-45(22-6-1)59(46-23-7-2-8-24-46)49-29-17-20-42(32-35-49)57-44-19-14-13-18-41(38-44)52-39-56-53(40-55(52)57)51-30-15-16-31-54(51)58(56)43-33-36-50(37-34-43)60(47-25-9-3-10-26-47)48-27-11-4-12-28-48/h1-19,21-40,44H,20H2. The average Bonchev–Trinajstić information content (AvgIpc) is 3.45. The highest BCUT2D eigenvalue weighted by Crippen LogP contribution is 2.47. The molecule has 60 heavy (non-hydrogen) atoms. The SMILES string of the molecule is C1=CC2=CC(C=C1)N(C1=CC=C(P(c3ccccc3)c3ccccc3)C=CC1)c1cc3c4ccccc4n(-c4ccc(P(c5ccccc5)c5ccccc5)cc4)c3cc12. The molecular formula is C56H42N2P2. The highest BCUT2D eigenvalue weighted by molar-refractivity contribution is 7.79. The Bertz CT molecular complexity index is 2970. The molecule has 286 valence electrons. The quantitative estimate of drug-likeness (QED) is 0.139. The van der Waals surface area contributed by atoms with E-state index < -0.39 is 15.8 Å². The molecule has 7 aromatic carbocycles. The Morgan fingerprint density at radius 2 is 1.07 bits per heavy atom. The van der Waals surface area contributed by atoms with E-state index in [1.807, 2.05) is 0 Å². The van der Waals surface area contributed by atoms with Gasteiger partial charge in [0.1, 0.15) is 0 Å². The van der Waals surface area contributed by atoms with Gasteiger partial charge in [-0.15, -0.1) is 0 Å². The molecule has 2 aliphatic carbocycles. The Morgan fingerprint density at radius 3 is 1.72 bits per heavy atom. The van der Waals surface area contributed by atoms with Crippen molar-refractivity contribution in [1.29, 1.82) is 0 Å². The Balaban J connectivity index is 1.03. The van der Waals surface area contributed by atoms with Crippen LogP contribution >= 0.6 is 15.8 Å². The first-order valence-electron chi connectivity index (χ1n) is 20.7. The fraction of sp³-hybridized carbons (Fsp3) is 0.0357. The van der Waals surface area contributed by atoms with E-state index in [1.54, 1.807) is 0 Å². The molecular weight excluding hydrogens is 763 g/mol. The van der Waals surface area contributed by atoms with Crippen LogP contribution in [0, 0.1) is 0 Å². The van der Waals surface area contributed by atoms with Crippen molar-refractivity contribution in [3.8, 4) is 5.69 Å². The number of para-hydroxylation sites is 1. The summed E-state index contributed by atoms with van der Waals surface area (Å²) in [6, 6.07) is 67.2. The van der Waals surface area contributed by atoms with Gasteiger partial charge in [0.05, 0.1) is 22.8 Å². The van der Waals surface area contributed by atoms with Crippen molar-refractivity contribution in [2.24, 2.45) is 0 Å². The van der Waals surface area contributed by atoms with Crippen LogP contribution in [-0.2, 0) is 0 Å². The van der Waals surface area contributed by atoms with E-state index in [0.29, 0.717) is 0 Å². The maximum absolute atomic E-state index is 2.58. The number of allylic oxidation sites excluding steroid dienone is 9. The lowest BCUT2D eigenvalue weighted by molar-refractivity contribution is 0.855. The minimum atomic E-state index is -0.709. The number of hydrogen-bond donors (Lipinski definition) is 0. The van der Waals surface area contributed by atoms with Gasteiger partial charge in [0, 0.05) is 34.1 Å². The Labute approximate surface area is 354 Å². The molecule has 8 aromatic rings. The second kappa shape index (κ2) is 15.9. The van der Waals surface area contributed by atoms with Gasteiger partial charge in [0.15, 0.2) is 0 Å². The van der Waals surface area contributed by atoms with Crippen LogP contribution < -0.4 is 31.4 Å². The lowest BCUT2D eigenvalue weighted by atomic mass is 9.93. The molecule has 0 radical (unpaired) electrons. The third-order valence-corrected chi connectivity index (χ3v) is 16.6. The molecule has 0 amide bonds. The predicted molar refractivity (Wildman–Crippen MR) is 261 cm³/mol. The van der Waals surface area contributed by atoms with E-state index in [0.717, 1.165) is 6.42 Å². The van der Waals surface area contributed by atoms with Gasteiger partial charge in [-0.25, -0.2) is 0 Å². The molecule has 0 saturated carbocycles. The summed E-state index contributed by atoms with van der Waals surface area (Å²) in [7, 11) is -1.40. The molecule has 11 rings (SSSR count). The Morgan fingerprint density at radius 1 is 0.483 bits per heavy atom. The van der Waals surface area contributed by atoms with E-state index in [1.165, 1.54) is 81.9 Å². The van der Waals surface area contributed by atoms with Crippen molar-refractivity contribution in [2.45, 2.75) is 12.5 Å². The molecule has 4 heteroatoms. The lowest BCUT2D eigenvalue weighted by Crippen LogP contribution is -2.34. The molecule has 0 spiro atoms. The van der Waals surface area contributed by atoms with Crippen molar-refractivity contribution in [1.82, 2.24) is 4.57 Å². The molecule has 1 unspecified atom stereocenters. The number of rotatable bonds is 8. The largest absolute Gasteiger partial charge is 0.334 e. The zero-order valence-corrected chi connectivity index (χ0v) is 34.9. The van der Waals surface area contributed by atoms with Gasteiger partial charge in [-0.2, -0.15) is 0 Å². The lowest BCUT2D eigenvalue weighted by Gasteiger charge is -2.37. The number of hydrogen-bond acceptors (Lipinski definition) is 1. The first kappa shape index (κ1) is 36.5.